The van der Waals surface area contributed by atoms with Crippen molar-refractivity contribution in [1.82, 2.24) is 0 Å². The summed E-state index contributed by atoms with van der Waals surface area (Å²) in [5.41, 5.74) is 0. The van der Waals surface area contributed by atoms with E-state index in [1.165, 1.54) is 96.3 Å². The molecule has 0 aliphatic rings. The quantitative estimate of drug-likeness (QED) is 0.0199. The molecule has 0 aliphatic carbocycles. The van der Waals surface area contributed by atoms with Gasteiger partial charge in [0.05, 0.1) is 0 Å². The van der Waals surface area contributed by atoms with Crippen LogP contribution in [-0.2, 0) is 28.6 Å². The Morgan fingerprint density at radius 2 is 0.708 bits per heavy atom. The average molecular weight is 903 g/mol. The normalized spacial score (nSPS) is 12.8. The first kappa shape index (κ1) is 61.3. The van der Waals surface area contributed by atoms with Gasteiger partial charge in [-0.25, -0.2) is 0 Å². The van der Waals surface area contributed by atoms with Crippen molar-refractivity contribution in [1.29, 1.82) is 0 Å². The summed E-state index contributed by atoms with van der Waals surface area (Å²) in [6, 6.07) is 0. The van der Waals surface area contributed by atoms with Gasteiger partial charge in [0.1, 0.15) is 13.2 Å². The van der Waals surface area contributed by atoms with Crippen LogP contribution in [0.4, 0.5) is 0 Å². The molecule has 6 heteroatoms. The van der Waals surface area contributed by atoms with Crippen molar-refractivity contribution in [2.24, 2.45) is 0 Å². The van der Waals surface area contributed by atoms with Crippen molar-refractivity contribution >= 4 is 17.9 Å². The molecule has 65 heavy (non-hydrogen) atoms. The monoisotopic (exact) mass is 903 g/mol. The summed E-state index contributed by atoms with van der Waals surface area (Å²) in [7, 11) is 0. The SMILES string of the molecule is CC/C=C/C=C/C=C/CCCCCCCC(=O)OCC(COC(=O)CCCCCCCCCCCCCCCCCCCC)OC(=O)CC/C=C/C/C=C/C/C=C/C/C=C/C/C=C/CC. The first-order valence-corrected chi connectivity index (χ1v) is 26.8. The minimum Gasteiger partial charge on any atom is -0.462 e. The van der Waals surface area contributed by atoms with Gasteiger partial charge in [-0.15, -0.1) is 0 Å². The van der Waals surface area contributed by atoms with Gasteiger partial charge in [0.25, 0.3) is 0 Å². The van der Waals surface area contributed by atoms with Gasteiger partial charge in [0.2, 0.25) is 0 Å². The van der Waals surface area contributed by atoms with E-state index in [-0.39, 0.29) is 31.6 Å². The molecule has 0 radical (unpaired) electrons. The maximum absolute atomic E-state index is 12.8. The van der Waals surface area contributed by atoms with Crippen molar-refractivity contribution in [3.63, 3.8) is 0 Å². The van der Waals surface area contributed by atoms with E-state index in [4.69, 9.17) is 14.2 Å². The third-order valence-electron chi connectivity index (χ3n) is 11.2. The summed E-state index contributed by atoms with van der Waals surface area (Å²) in [5, 5.41) is 0. The van der Waals surface area contributed by atoms with E-state index in [1.807, 2.05) is 12.2 Å². The molecule has 1 atom stereocenters. The fraction of sp³-hybridized carbons (Fsp3) is 0.678. The number of rotatable bonds is 47. The van der Waals surface area contributed by atoms with Gasteiger partial charge >= 0.3 is 17.9 Å². The summed E-state index contributed by atoms with van der Waals surface area (Å²) in [6.45, 7) is 6.32. The molecule has 0 rings (SSSR count). The molecule has 0 aromatic heterocycles. The van der Waals surface area contributed by atoms with E-state index in [0.29, 0.717) is 19.3 Å². The number of allylic oxidation sites excluding steroid dienone is 16. The molecule has 0 fully saturated rings. The van der Waals surface area contributed by atoms with Gasteiger partial charge in [-0.1, -0.05) is 246 Å². The Hall–Kier alpha value is -3.67. The third kappa shape index (κ3) is 51.2. The number of ether oxygens (including phenoxy) is 3. The van der Waals surface area contributed by atoms with E-state index < -0.39 is 12.1 Å². The number of carbonyl (C=O) groups is 3. The van der Waals surface area contributed by atoms with Crippen molar-refractivity contribution in [2.75, 3.05) is 13.2 Å². The van der Waals surface area contributed by atoms with Crippen LogP contribution >= 0.6 is 0 Å². The minimum absolute atomic E-state index is 0.113. The number of carbonyl (C=O) groups excluding carboxylic acids is 3. The fourth-order valence-electron chi connectivity index (χ4n) is 7.20. The van der Waals surface area contributed by atoms with Crippen molar-refractivity contribution in [2.45, 2.75) is 245 Å². The highest BCUT2D eigenvalue weighted by atomic mass is 16.6. The standard InChI is InChI=1S/C59H98O6/c1-4-7-10-13-16-19-22-25-27-29-30-32-34-37-40-43-46-49-52-58(61)64-55-56(54-63-57(60)51-48-45-42-39-36-33-24-21-18-15-12-9-6-3)65-59(62)53-50-47-44-41-38-35-31-28-26-23-20-17-14-11-8-5-2/h8-9,11-12,15,17-18,20-21,24,26,28,35,38,44,47,56H,4-7,10,13-14,16,19,22-23,25,27,29-34,36-37,39-43,45-46,48-55H2,1-3H3/b11-8+,12-9+,18-15+,20-17+,24-21+,28-26+,38-35+,47-44+. The molecule has 0 aliphatic heterocycles. The fourth-order valence-corrected chi connectivity index (χ4v) is 7.20. The Morgan fingerprint density at radius 3 is 1.14 bits per heavy atom. The molecule has 1 unspecified atom stereocenters. The first-order valence-electron chi connectivity index (χ1n) is 26.8. The Morgan fingerprint density at radius 1 is 0.338 bits per heavy atom. The van der Waals surface area contributed by atoms with Crippen LogP contribution in [0.5, 0.6) is 0 Å². The van der Waals surface area contributed by atoms with Crippen LogP contribution in [0, 0.1) is 0 Å². The topological polar surface area (TPSA) is 78.9 Å². The molecule has 0 spiro atoms. The Labute approximate surface area is 400 Å². The second-order valence-corrected chi connectivity index (χ2v) is 17.4. The Bertz CT molecular complexity index is 1310. The summed E-state index contributed by atoms with van der Waals surface area (Å²) in [5.74, 6) is -1.02. The minimum atomic E-state index is -0.824. The third-order valence-corrected chi connectivity index (χ3v) is 11.2. The summed E-state index contributed by atoms with van der Waals surface area (Å²) >= 11 is 0. The van der Waals surface area contributed by atoms with E-state index in [2.05, 4.69) is 106 Å². The van der Waals surface area contributed by atoms with E-state index in [0.717, 1.165) is 96.3 Å². The van der Waals surface area contributed by atoms with Crippen LogP contribution in [0.3, 0.4) is 0 Å². The molecule has 0 heterocycles. The lowest BCUT2D eigenvalue weighted by molar-refractivity contribution is -0.166. The second kappa shape index (κ2) is 52.9. The van der Waals surface area contributed by atoms with Gasteiger partial charge in [-0.2, -0.15) is 0 Å². The number of unbranched alkanes of at least 4 members (excludes halogenated alkanes) is 22. The molecular formula is C59H98O6. The molecule has 0 amide bonds. The summed E-state index contributed by atoms with van der Waals surface area (Å²) in [6.07, 6.45) is 69.8. The number of hydrogen-bond acceptors (Lipinski definition) is 6. The Kier molecular flexibility index (Phi) is 50.0. The zero-order valence-corrected chi connectivity index (χ0v) is 42.2. The average Bonchev–Trinajstić information content (AvgIpc) is 3.30. The lowest BCUT2D eigenvalue weighted by Crippen LogP contribution is -2.30. The second-order valence-electron chi connectivity index (χ2n) is 17.4. The van der Waals surface area contributed by atoms with Crippen LogP contribution in [0.2, 0.25) is 0 Å². The zero-order chi connectivity index (χ0) is 47.2. The Balaban J connectivity index is 4.48. The number of esters is 3. The maximum atomic E-state index is 12.8. The van der Waals surface area contributed by atoms with Crippen LogP contribution in [0.25, 0.3) is 0 Å². The molecular weight excluding hydrogens is 805 g/mol. The highest BCUT2D eigenvalue weighted by molar-refractivity contribution is 5.71. The number of hydrogen-bond donors (Lipinski definition) is 0. The van der Waals surface area contributed by atoms with E-state index >= 15 is 0 Å². The maximum Gasteiger partial charge on any atom is 0.306 e. The summed E-state index contributed by atoms with van der Waals surface area (Å²) in [4.78, 5) is 38.0. The lowest BCUT2D eigenvalue weighted by atomic mass is 10.0. The van der Waals surface area contributed by atoms with E-state index in [1.54, 1.807) is 0 Å². The van der Waals surface area contributed by atoms with Crippen molar-refractivity contribution < 1.29 is 28.6 Å². The van der Waals surface area contributed by atoms with Gasteiger partial charge in [0.15, 0.2) is 6.10 Å². The molecule has 0 saturated heterocycles. The molecule has 0 aromatic carbocycles. The summed E-state index contributed by atoms with van der Waals surface area (Å²) < 4.78 is 16.7. The van der Waals surface area contributed by atoms with Gasteiger partial charge in [-0.3, -0.25) is 14.4 Å². The van der Waals surface area contributed by atoms with Crippen LogP contribution < -0.4 is 0 Å². The molecule has 0 saturated carbocycles. The predicted octanol–water partition coefficient (Wildman–Crippen LogP) is 17.8. The lowest BCUT2D eigenvalue weighted by Gasteiger charge is -2.18. The van der Waals surface area contributed by atoms with Gasteiger partial charge < -0.3 is 14.2 Å². The van der Waals surface area contributed by atoms with Crippen LogP contribution in [-0.4, -0.2) is 37.2 Å². The van der Waals surface area contributed by atoms with Crippen LogP contribution in [0.1, 0.15) is 239 Å². The zero-order valence-electron chi connectivity index (χ0n) is 42.2. The van der Waals surface area contributed by atoms with Crippen LogP contribution in [0.15, 0.2) is 97.2 Å². The van der Waals surface area contributed by atoms with Crippen molar-refractivity contribution in [3.8, 4) is 0 Å². The highest BCUT2D eigenvalue weighted by Crippen LogP contribution is 2.15. The molecule has 6 nitrogen and oxygen atoms in total. The van der Waals surface area contributed by atoms with Gasteiger partial charge in [-0.05, 0) is 70.6 Å². The van der Waals surface area contributed by atoms with E-state index in [9.17, 15) is 14.4 Å². The molecule has 370 valence electrons. The largest absolute Gasteiger partial charge is 0.462 e. The predicted molar refractivity (Wildman–Crippen MR) is 279 cm³/mol. The first-order chi connectivity index (χ1) is 32.0. The molecule has 0 bridgehead atoms. The smallest absolute Gasteiger partial charge is 0.306 e. The van der Waals surface area contributed by atoms with Gasteiger partial charge in [0, 0.05) is 19.3 Å². The molecule has 0 aromatic rings. The van der Waals surface area contributed by atoms with Crippen molar-refractivity contribution in [3.05, 3.63) is 97.2 Å². The highest BCUT2D eigenvalue weighted by Gasteiger charge is 2.19. The molecule has 0 N–H and O–H groups in total.